The Kier molecular flexibility index (Phi) is 45.2. The number of nitrogens with one attached hydrogen (secondary N) is 4. The molecule has 0 aliphatic heterocycles. The predicted molar refractivity (Wildman–Crippen MR) is 378 cm³/mol. The van der Waals surface area contributed by atoms with Crippen LogP contribution in [0.25, 0.3) is 0 Å². The summed E-state index contributed by atoms with van der Waals surface area (Å²) in [7, 11) is 0. The number of hydrogen-bond donors (Lipinski definition) is 6. The summed E-state index contributed by atoms with van der Waals surface area (Å²) in [6.07, 6.45) is 2.42. The van der Waals surface area contributed by atoms with Crippen LogP contribution in [0.15, 0.2) is 46.4 Å². The van der Waals surface area contributed by atoms with Crippen LogP contribution < -0.4 is 30.7 Å². The molecule has 0 spiro atoms. The minimum atomic E-state index is -0.729. The van der Waals surface area contributed by atoms with Gasteiger partial charge in [-0.25, -0.2) is 19.2 Å². The number of amidine groups is 2. The van der Waals surface area contributed by atoms with Crippen molar-refractivity contribution in [2.24, 2.45) is 9.98 Å². The highest BCUT2D eigenvalue weighted by molar-refractivity contribution is 8.13. The fourth-order valence-electron chi connectivity index (χ4n) is 7.46. The van der Waals surface area contributed by atoms with E-state index in [0.717, 1.165) is 28.0 Å². The first-order valence-electron chi connectivity index (χ1n) is 29.0. The number of alkyl carbamates (subject to hydrolysis) is 4. The number of thioether (sulfide) groups is 2. The molecule has 0 heterocycles. The zero-order valence-electron chi connectivity index (χ0n) is 54.7. The first kappa shape index (κ1) is 88.4. The molecule has 0 radical (unpaired) electrons. The Morgan fingerprint density at radius 2 is 0.809 bits per heavy atom. The minimum absolute atomic E-state index is 0. The van der Waals surface area contributed by atoms with Crippen molar-refractivity contribution >= 4 is 134 Å². The summed E-state index contributed by atoms with van der Waals surface area (Å²) in [5.74, 6) is 4.23. The van der Waals surface area contributed by atoms with E-state index in [0.29, 0.717) is 111 Å². The zero-order chi connectivity index (χ0) is 65.3. The van der Waals surface area contributed by atoms with Crippen molar-refractivity contribution in [2.45, 2.75) is 240 Å². The third-order valence-electron chi connectivity index (χ3n) is 11.3. The molecule has 4 amide bonds. The van der Waals surface area contributed by atoms with Gasteiger partial charge >= 0.3 is 24.4 Å². The third kappa shape index (κ3) is 46.0. The number of benzene rings is 2. The van der Waals surface area contributed by atoms with Crippen LogP contribution in [0.2, 0.25) is 0 Å². The lowest BCUT2D eigenvalue weighted by Gasteiger charge is -2.23. The molecule has 89 heavy (non-hydrogen) atoms. The van der Waals surface area contributed by atoms with E-state index >= 15 is 0 Å². The SMILES string of the molecule is C.CC(=NCCCC[C@H](NC(=O)OC(C)(C)C)C(=O)CCCOc1ccc(CS)c(CS)c1)NC(=O)OC(C)(C)C.CC(=O)SCc1ccc(OCCCC(=O)[C@H](CCCCN=C(C)NC(=O)OC(C)(C)C)NC(=O)OC(C)(C)C)cc1CSC(C)=O.S.S. The number of thiol groups is 2. The number of aliphatic imine (C=N–C) groups is 2. The fraction of sp³-hybridized carbons (Fsp3) is 0.651. The quantitative estimate of drug-likeness (QED) is 0.0140. The van der Waals surface area contributed by atoms with Gasteiger partial charge in [0, 0.05) is 62.8 Å². The van der Waals surface area contributed by atoms with Crippen molar-refractivity contribution < 1.29 is 66.8 Å². The van der Waals surface area contributed by atoms with Gasteiger partial charge in [-0.2, -0.15) is 52.2 Å². The van der Waals surface area contributed by atoms with Crippen LogP contribution >= 0.6 is 75.8 Å². The zero-order valence-corrected chi connectivity index (χ0v) is 60.1. The molecule has 2 atom stereocenters. The molecule has 0 aliphatic carbocycles. The van der Waals surface area contributed by atoms with Crippen molar-refractivity contribution in [2.75, 3.05) is 26.3 Å². The Balaban J connectivity index is -0.00000162. The first-order valence-corrected chi connectivity index (χ1v) is 32.3. The van der Waals surface area contributed by atoms with Gasteiger partial charge in [0.05, 0.1) is 25.3 Å². The monoisotopic (exact) mass is 1360 g/mol. The summed E-state index contributed by atoms with van der Waals surface area (Å²) >= 11 is 11.1. The molecule has 508 valence electrons. The van der Waals surface area contributed by atoms with E-state index in [4.69, 9.17) is 28.4 Å². The molecular weight excluding hydrogens is 1260 g/mol. The maximum atomic E-state index is 13.2. The van der Waals surface area contributed by atoms with E-state index in [1.54, 1.807) is 96.9 Å². The number of ketones is 2. The molecule has 0 bridgehead atoms. The summed E-state index contributed by atoms with van der Waals surface area (Å²) in [6.45, 7) is 29.2. The van der Waals surface area contributed by atoms with Gasteiger partial charge in [-0.3, -0.25) is 39.8 Å². The number of ether oxygens (including phenoxy) is 6. The topological polar surface area (TPSA) is 265 Å². The number of carbonyl (C=O) groups is 8. The molecule has 0 saturated heterocycles. The summed E-state index contributed by atoms with van der Waals surface area (Å²) in [6, 6.07) is 9.98. The summed E-state index contributed by atoms with van der Waals surface area (Å²) in [5.41, 5.74) is 1.48. The average molecular weight is 1360 g/mol. The smallest absolute Gasteiger partial charge is 0.413 e. The summed E-state index contributed by atoms with van der Waals surface area (Å²) in [4.78, 5) is 106. The second-order valence-corrected chi connectivity index (χ2v) is 27.1. The Hall–Kier alpha value is -4.76. The van der Waals surface area contributed by atoms with Crippen LogP contribution in [0.5, 0.6) is 11.5 Å². The number of amides is 4. The van der Waals surface area contributed by atoms with E-state index in [1.807, 2.05) is 36.4 Å². The maximum Gasteiger partial charge on any atom is 0.413 e. The number of hydrogen-bond acceptors (Lipinski definition) is 20. The van der Waals surface area contributed by atoms with E-state index in [-0.39, 0.29) is 75.7 Å². The number of carbonyl (C=O) groups excluding carboxylic acids is 8. The van der Waals surface area contributed by atoms with Crippen LogP contribution in [0.4, 0.5) is 19.2 Å². The normalized spacial score (nSPS) is 12.3. The molecule has 2 rings (SSSR count). The highest BCUT2D eigenvalue weighted by atomic mass is 32.2. The van der Waals surface area contributed by atoms with Crippen LogP contribution in [0.3, 0.4) is 0 Å². The van der Waals surface area contributed by atoms with E-state index in [2.05, 4.69) is 56.5 Å². The lowest BCUT2D eigenvalue weighted by Crippen LogP contribution is -2.43. The van der Waals surface area contributed by atoms with Gasteiger partial charge in [0.25, 0.3) is 0 Å². The van der Waals surface area contributed by atoms with Crippen LogP contribution in [-0.2, 0) is 61.1 Å². The summed E-state index contributed by atoms with van der Waals surface area (Å²) in [5, 5.41) is 10.7. The standard InChI is InChI=1S/C33H51N3O8S2.C29H47N3O6S2.CH4.2H2S/c1-22(35-30(40)43-32(4,5)6)34-17-11-10-13-28(36-31(41)44-33(7,8)9)29(39)14-12-18-42-27-16-15-25(20-45-23(2)37)26(19-27)21-46-24(3)38;1-20(31-26(34)37-28(2,3)4)30-15-9-8-11-24(32-27(35)38-29(5,6)7)25(33)12-10-16-36-23-14-13-21(18-39)22(17-23)19-40;;;/h15-16,19,28H,10-14,17-18,20-21H2,1-9H3,(H,36,41)(H,34,35,40);13-14,17,24,39-40H,8-12,15-16,18-19H2,1-7H3,(H,32,35)(H,30,31,34);1H4;2*1H2/t28-;24-;;;/m00.../s1. The Morgan fingerprint density at radius 3 is 1.16 bits per heavy atom. The van der Waals surface area contributed by atoms with Crippen molar-refractivity contribution in [1.29, 1.82) is 0 Å². The van der Waals surface area contributed by atoms with Crippen LogP contribution in [-0.4, -0.2) is 119 Å². The molecule has 0 fully saturated rings. The minimum Gasteiger partial charge on any atom is -0.494 e. The molecule has 4 N–H and O–H groups in total. The molecule has 2 aromatic carbocycles. The lowest BCUT2D eigenvalue weighted by molar-refractivity contribution is -0.122. The molecule has 0 aromatic heterocycles. The largest absolute Gasteiger partial charge is 0.494 e. The van der Waals surface area contributed by atoms with Crippen molar-refractivity contribution in [3.63, 3.8) is 0 Å². The number of rotatable bonds is 30. The highest BCUT2D eigenvalue weighted by Crippen LogP contribution is 2.27. The molecule has 0 aliphatic rings. The number of unbranched alkanes of at least 4 members (excludes halogenated alkanes) is 2. The van der Waals surface area contributed by atoms with Gasteiger partial charge < -0.3 is 39.1 Å². The number of nitrogens with zero attached hydrogens (tertiary/aromatic N) is 2. The molecule has 2 aromatic rings. The molecule has 26 heteroatoms. The molecule has 0 saturated carbocycles. The van der Waals surface area contributed by atoms with Crippen molar-refractivity contribution in [3.05, 3.63) is 58.7 Å². The van der Waals surface area contributed by atoms with E-state index in [9.17, 15) is 38.4 Å². The molecular formula is C63H106N6O14S6. The van der Waals surface area contributed by atoms with Gasteiger partial charge in [0.1, 0.15) is 45.6 Å². The lowest BCUT2D eigenvalue weighted by atomic mass is 10.0. The van der Waals surface area contributed by atoms with Crippen LogP contribution in [0, 0.1) is 0 Å². The van der Waals surface area contributed by atoms with Crippen molar-refractivity contribution in [1.82, 2.24) is 21.3 Å². The predicted octanol–water partition coefficient (Wildman–Crippen LogP) is 14.1. The Bertz CT molecular complexity index is 2580. The maximum absolute atomic E-state index is 13.2. The van der Waals surface area contributed by atoms with Crippen LogP contribution in [0.1, 0.15) is 205 Å². The Morgan fingerprint density at radius 1 is 0.472 bits per heavy atom. The number of Topliss-reactive ketones (excluding diaryl/α,β-unsaturated/α-hetero) is 2. The van der Waals surface area contributed by atoms with Gasteiger partial charge in [-0.05, 0) is 195 Å². The van der Waals surface area contributed by atoms with Gasteiger partial charge in [-0.15, -0.1) is 0 Å². The first-order chi connectivity index (χ1) is 40.0. The Labute approximate surface area is 564 Å². The summed E-state index contributed by atoms with van der Waals surface area (Å²) < 4.78 is 32.9. The van der Waals surface area contributed by atoms with Crippen molar-refractivity contribution in [3.8, 4) is 11.5 Å². The van der Waals surface area contributed by atoms with Gasteiger partial charge in [0.2, 0.25) is 0 Å². The average Bonchev–Trinajstić information content (AvgIpc) is 3.53. The van der Waals surface area contributed by atoms with E-state index < -0.39 is 58.9 Å². The third-order valence-corrected chi connectivity index (χ3v) is 13.7. The fourth-order valence-corrected chi connectivity index (χ4v) is 9.33. The van der Waals surface area contributed by atoms with E-state index in [1.165, 1.54) is 37.4 Å². The second kappa shape index (κ2) is 45.5. The highest BCUT2D eigenvalue weighted by Gasteiger charge is 2.26. The van der Waals surface area contributed by atoms with Gasteiger partial charge in [-0.1, -0.05) is 43.1 Å². The van der Waals surface area contributed by atoms with Gasteiger partial charge in [0.15, 0.2) is 21.8 Å². The molecule has 0 unspecified atom stereocenters. The second-order valence-electron chi connectivity index (χ2n) is 24.2. The molecule has 20 nitrogen and oxygen atoms in total.